The summed E-state index contributed by atoms with van der Waals surface area (Å²) >= 11 is 0. The van der Waals surface area contributed by atoms with Gasteiger partial charge in [0.1, 0.15) is 11.3 Å². The van der Waals surface area contributed by atoms with Crippen molar-refractivity contribution in [2.75, 3.05) is 11.9 Å². The second-order valence-corrected chi connectivity index (χ2v) is 9.25. The lowest BCUT2D eigenvalue weighted by molar-refractivity contribution is -0.110. The molecule has 206 valence electrons. The van der Waals surface area contributed by atoms with Crippen LogP contribution in [0.15, 0.2) is 83.8 Å². The Hall–Kier alpha value is -5.38. The number of carbonyl (C=O) groups excluding carboxylic acids is 2. The third kappa shape index (κ3) is 5.96. The molecule has 5 rings (SSSR count). The predicted molar refractivity (Wildman–Crippen MR) is 149 cm³/mol. The molecule has 0 saturated heterocycles. The highest BCUT2D eigenvalue weighted by Crippen LogP contribution is 2.34. The number of phenolic OH excluding ortho intramolecular Hbond substituents is 1. The van der Waals surface area contributed by atoms with Crippen molar-refractivity contribution in [2.45, 2.75) is 6.54 Å². The second kappa shape index (κ2) is 11.4. The van der Waals surface area contributed by atoms with Crippen LogP contribution in [0.1, 0.15) is 32.6 Å². The third-order valence-electron chi connectivity index (χ3n) is 6.38. The molecule has 3 N–H and O–H groups in total. The molecular weight excluding hydrogens is 535 g/mol. The van der Waals surface area contributed by atoms with Gasteiger partial charge in [-0.25, -0.2) is 13.2 Å². The summed E-state index contributed by atoms with van der Waals surface area (Å²) in [5.41, 5.74) is 2.59. The number of pyridine rings is 1. The smallest absolute Gasteiger partial charge is 0.263 e. The normalized spacial score (nSPS) is 13.4. The molecule has 3 aromatic carbocycles. The van der Waals surface area contributed by atoms with Gasteiger partial charge >= 0.3 is 0 Å². The van der Waals surface area contributed by atoms with Crippen LogP contribution in [0.2, 0.25) is 0 Å². The largest absolute Gasteiger partial charge is 0.508 e. The maximum atomic E-state index is 13.5. The van der Waals surface area contributed by atoms with Gasteiger partial charge in [0.2, 0.25) is 0 Å². The number of halogens is 3. The molecule has 0 aliphatic carbocycles. The van der Waals surface area contributed by atoms with Crippen LogP contribution in [-0.4, -0.2) is 28.0 Å². The van der Waals surface area contributed by atoms with Crippen LogP contribution in [0, 0.1) is 17.5 Å². The highest BCUT2D eigenvalue weighted by atomic mass is 19.2. The Morgan fingerprint density at radius 2 is 1.66 bits per heavy atom. The Balaban J connectivity index is 1.23. The van der Waals surface area contributed by atoms with Gasteiger partial charge in [0.15, 0.2) is 17.5 Å². The lowest BCUT2D eigenvalue weighted by Crippen LogP contribution is -2.33. The van der Waals surface area contributed by atoms with Gasteiger partial charge in [-0.05, 0) is 65.2 Å². The molecule has 7 nitrogen and oxygen atoms in total. The summed E-state index contributed by atoms with van der Waals surface area (Å²) in [6.07, 6.45) is 6.51. The fourth-order valence-corrected chi connectivity index (χ4v) is 4.37. The monoisotopic (exact) mass is 557 g/mol. The van der Waals surface area contributed by atoms with Crippen molar-refractivity contribution in [3.63, 3.8) is 0 Å². The molecule has 2 amide bonds. The Morgan fingerprint density at radius 3 is 2.39 bits per heavy atom. The molecule has 0 fully saturated rings. The van der Waals surface area contributed by atoms with Crippen LogP contribution in [0.25, 0.3) is 17.7 Å². The number of hydrogen-bond acceptors (Lipinski definition) is 4. The number of nitrogens with one attached hydrogen (secondary N) is 2. The summed E-state index contributed by atoms with van der Waals surface area (Å²) in [4.78, 5) is 37.9. The Labute approximate surface area is 231 Å². The van der Waals surface area contributed by atoms with Gasteiger partial charge in [0.05, 0.1) is 6.54 Å². The van der Waals surface area contributed by atoms with Gasteiger partial charge in [-0.15, -0.1) is 0 Å². The van der Waals surface area contributed by atoms with Crippen LogP contribution in [0.4, 0.5) is 18.9 Å². The van der Waals surface area contributed by atoms with Crippen molar-refractivity contribution in [3.8, 4) is 5.75 Å². The van der Waals surface area contributed by atoms with Crippen molar-refractivity contribution in [2.24, 2.45) is 0 Å². The van der Waals surface area contributed by atoms with E-state index >= 15 is 0 Å². The number of nitrogens with zero attached hydrogens (tertiary/aromatic N) is 1. The Bertz CT molecular complexity index is 1770. The Kier molecular flexibility index (Phi) is 7.55. The van der Waals surface area contributed by atoms with Crippen molar-refractivity contribution >= 4 is 35.2 Å². The average Bonchev–Trinajstić information content (AvgIpc) is 3.25. The number of fused-ring (bicyclic) bond motifs is 1. The molecule has 1 aliphatic rings. The second-order valence-electron chi connectivity index (χ2n) is 9.25. The standard InChI is InChI=1S/C31H22F3N3O4/c32-25-14-20(15-26(33)28(25)34)17-37-12-2-4-23(31(37)41)29(39)35-11-1-3-18-7-10-22-24(30(40)36-27(22)16-18)13-19-5-8-21(38)9-6-19/h1-10,12-16,38H,11,17H2,(H,35,39)(H,36,40). The number of carbonyl (C=O) groups is 2. The van der Waals surface area contributed by atoms with Crippen LogP contribution in [0.3, 0.4) is 0 Å². The van der Waals surface area contributed by atoms with E-state index in [1.165, 1.54) is 18.3 Å². The molecule has 0 saturated carbocycles. The number of amides is 2. The summed E-state index contributed by atoms with van der Waals surface area (Å²) in [6.45, 7) is -0.161. The van der Waals surface area contributed by atoms with E-state index in [1.807, 2.05) is 12.1 Å². The zero-order valence-electron chi connectivity index (χ0n) is 21.3. The lowest BCUT2D eigenvalue weighted by atomic mass is 10.0. The molecule has 0 atom stereocenters. The highest BCUT2D eigenvalue weighted by molar-refractivity contribution is 6.35. The van der Waals surface area contributed by atoms with E-state index in [2.05, 4.69) is 10.6 Å². The van der Waals surface area contributed by atoms with Gasteiger partial charge in [0, 0.05) is 29.6 Å². The van der Waals surface area contributed by atoms with E-state index in [0.717, 1.165) is 33.4 Å². The molecule has 4 aromatic rings. The number of aromatic hydroxyl groups is 1. The van der Waals surface area contributed by atoms with E-state index in [4.69, 9.17) is 0 Å². The quantitative estimate of drug-likeness (QED) is 0.221. The molecule has 0 radical (unpaired) electrons. The summed E-state index contributed by atoms with van der Waals surface area (Å²) < 4.78 is 41.4. The number of anilines is 1. The molecule has 41 heavy (non-hydrogen) atoms. The first-order valence-electron chi connectivity index (χ1n) is 12.4. The van der Waals surface area contributed by atoms with Crippen LogP contribution < -0.4 is 16.2 Å². The zero-order valence-corrected chi connectivity index (χ0v) is 21.3. The number of rotatable bonds is 7. The first kappa shape index (κ1) is 27.2. The molecule has 0 spiro atoms. The van der Waals surface area contributed by atoms with Crippen molar-refractivity contribution < 1.29 is 27.9 Å². The fourth-order valence-electron chi connectivity index (χ4n) is 4.37. The topological polar surface area (TPSA) is 100 Å². The SMILES string of the molecule is O=C1Nc2cc(C=CCNC(=O)c3cccn(Cc4cc(F)c(F)c(F)c4)c3=O)ccc2C1=Cc1ccc(O)cc1. The van der Waals surface area contributed by atoms with Gasteiger partial charge < -0.3 is 20.3 Å². The van der Waals surface area contributed by atoms with Gasteiger partial charge in [-0.3, -0.25) is 14.4 Å². The first-order valence-corrected chi connectivity index (χ1v) is 12.4. The summed E-state index contributed by atoms with van der Waals surface area (Å²) in [7, 11) is 0. The number of aromatic nitrogens is 1. The molecule has 1 aromatic heterocycles. The summed E-state index contributed by atoms with van der Waals surface area (Å²) in [5, 5.41) is 14.9. The minimum absolute atomic E-state index is 0.0255. The molecule has 10 heteroatoms. The molecule has 0 bridgehead atoms. The molecule has 0 unspecified atom stereocenters. The fraction of sp³-hybridized carbons (Fsp3) is 0.0645. The lowest BCUT2D eigenvalue weighted by Gasteiger charge is -2.09. The zero-order chi connectivity index (χ0) is 29.1. The van der Waals surface area contributed by atoms with E-state index in [-0.39, 0.29) is 35.9 Å². The maximum Gasteiger partial charge on any atom is 0.263 e. The van der Waals surface area contributed by atoms with Crippen molar-refractivity contribution in [1.29, 1.82) is 0 Å². The Morgan fingerprint density at radius 1 is 0.951 bits per heavy atom. The molecule has 1 aliphatic heterocycles. The number of hydrogen-bond donors (Lipinski definition) is 3. The maximum absolute atomic E-state index is 13.5. The minimum atomic E-state index is -1.60. The predicted octanol–water partition coefficient (Wildman–Crippen LogP) is 4.96. The van der Waals surface area contributed by atoms with E-state index < -0.39 is 28.9 Å². The van der Waals surface area contributed by atoms with Crippen molar-refractivity contribution in [1.82, 2.24) is 9.88 Å². The van der Waals surface area contributed by atoms with Gasteiger partial charge in [0.25, 0.3) is 17.4 Å². The molecule has 2 heterocycles. The minimum Gasteiger partial charge on any atom is -0.508 e. The van der Waals surface area contributed by atoms with Gasteiger partial charge in [-0.1, -0.05) is 36.4 Å². The van der Waals surface area contributed by atoms with Crippen LogP contribution in [0.5, 0.6) is 5.75 Å². The highest BCUT2D eigenvalue weighted by Gasteiger charge is 2.24. The molecular formula is C31H22F3N3O4. The van der Waals surface area contributed by atoms with Crippen molar-refractivity contribution in [3.05, 3.63) is 135 Å². The third-order valence-corrected chi connectivity index (χ3v) is 6.38. The first-order chi connectivity index (χ1) is 19.7. The van der Waals surface area contributed by atoms with E-state index in [9.17, 15) is 32.7 Å². The van der Waals surface area contributed by atoms with Crippen LogP contribution in [-0.2, 0) is 11.3 Å². The number of phenols is 1. The summed E-state index contributed by atoms with van der Waals surface area (Å²) in [5.74, 6) is -5.09. The van der Waals surface area contributed by atoms with E-state index in [0.29, 0.717) is 11.3 Å². The number of benzene rings is 3. The summed E-state index contributed by atoms with van der Waals surface area (Å²) in [6, 6.07) is 16.3. The van der Waals surface area contributed by atoms with Crippen LogP contribution >= 0.6 is 0 Å². The van der Waals surface area contributed by atoms with E-state index in [1.54, 1.807) is 48.6 Å². The van der Waals surface area contributed by atoms with Gasteiger partial charge in [-0.2, -0.15) is 0 Å². The average molecular weight is 558 g/mol.